The number of guanidine groups is 1. The molecule has 0 aliphatic carbocycles. The van der Waals surface area contributed by atoms with Crippen LogP contribution in [0.4, 0.5) is 5.69 Å². The number of hydrogen-bond acceptors (Lipinski definition) is 5. The molecule has 25 heavy (non-hydrogen) atoms. The highest BCUT2D eigenvalue weighted by molar-refractivity contribution is 5.80. The minimum absolute atomic E-state index is 0.414. The van der Waals surface area contributed by atoms with Crippen molar-refractivity contribution < 1.29 is 14.2 Å². The summed E-state index contributed by atoms with van der Waals surface area (Å²) >= 11 is 0. The SMILES string of the molecule is CN=C(NCCOC)NC1CCN(c2cc(OC)cc(OC)c2)CC1. The van der Waals surface area contributed by atoms with Gasteiger partial charge in [-0.2, -0.15) is 0 Å². The third kappa shape index (κ3) is 5.70. The Morgan fingerprint density at radius 2 is 1.76 bits per heavy atom. The molecule has 0 atom stereocenters. The van der Waals surface area contributed by atoms with Gasteiger partial charge in [-0.15, -0.1) is 0 Å². The zero-order valence-electron chi connectivity index (χ0n) is 15.7. The average molecular weight is 350 g/mol. The highest BCUT2D eigenvalue weighted by atomic mass is 16.5. The highest BCUT2D eigenvalue weighted by Crippen LogP contribution is 2.30. The second kappa shape index (κ2) is 9.98. The maximum Gasteiger partial charge on any atom is 0.191 e. The maximum absolute atomic E-state index is 5.37. The van der Waals surface area contributed by atoms with Crippen molar-refractivity contribution in [3.63, 3.8) is 0 Å². The summed E-state index contributed by atoms with van der Waals surface area (Å²) in [5, 5.41) is 6.75. The van der Waals surface area contributed by atoms with E-state index in [0.717, 1.165) is 55.6 Å². The van der Waals surface area contributed by atoms with E-state index in [-0.39, 0.29) is 0 Å². The smallest absolute Gasteiger partial charge is 0.191 e. The summed E-state index contributed by atoms with van der Waals surface area (Å²) < 4.78 is 15.8. The first-order valence-electron chi connectivity index (χ1n) is 8.64. The monoisotopic (exact) mass is 350 g/mol. The summed E-state index contributed by atoms with van der Waals surface area (Å²) in [6, 6.07) is 6.42. The molecule has 0 aromatic heterocycles. The van der Waals surface area contributed by atoms with Crippen LogP contribution in [0.25, 0.3) is 0 Å². The van der Waals surface area contributed by atoms with Gasteiger partial charge in [0.1, 0.15) is 11.5 Å². The van der Waals surface area contributed by atoms with Crippen molar-refractivity contribution >= 4 is 11.6 Å². The Bertz CT molecular complexity index is 535. The number of aliphatic imine (C=N–C) groups is 1. The van der Waals surface area contributed by atoms with Crippen LogP contribution < -0.4 is 25.0 Å². The molecule has 0 saturated carbocycles. The van der Waals surface area contributed by atoms with E-state index in [0.29, 0.717) is 12.6 Å². The van der Waals surface area contributed by atoms with Crippen molar-refractivity contribution in [2.24, 2.45) is 4.99 Å². The van der Waals surface area contributed by atoms with E-state index < -0.39 is 0 Å². The molecule has 0 spiro atoms. The lowest BCUT2D eigenvalue weighted by molar-refractivity contribution is 0.203. The molecule has 1 aliphatic rings. The minimum Gasteiger partial charge on any atom is -0.497 e. The number of ether oxygens (including phenoxy) is 3. The maximum atomic E-state index is 5.37. The molecule has 1 aromatic carbocycles. The van der Waals surface area contributed by atoms with Gasteiger partial charge in [0.2, 0.25) is 0 Å². The molecular weight excluding hydrogens is 320 g/mol. The Hall–Kier alpha value is -2.15. The first-order valence-corrected chi connectivity index (χ1v) is 8.64. The van der Waals surface area contributed by atoms with Gasteiger partial charge in [-0.25, -0.2) is 0 Å². The second-order valence-electron chi connectivity index (χ2n) is 5.97. The van der Waals surface area contributed by atoms with Crippen molar-refractivity contribution in [3.8, 4) is 11.5 Å². The lowest BCUT2D eigenvalue weighted by Crippen LogP contribution is -2.49. The van der Waals surface area contributed by atoms with Gasteiger partial charge in [0.25, 0.3) is 0 Å². The molecule has 1 saturated heterocycles. The lowest BCUT2D eigenvalue weighted by Gasteiger charge is -2.34. The van der Waals surface area contributed by atoms with Crippen molar-refractivity contribution in [3.05, 3.63) is 18.2 Å². The van der Waals surface area contributed by atoms with Gasteiger partial charge >= 0.3 is 0 Å². The van der Waals surface area contributed by atoms with Gasteiger partial charge in [0.05, 0.1) is 20.8 Å². The number of nitrogens with one attached hydrogen (secondary N) is 2. The molecule has 7 nitrogen and oxygen atoms in total. The van der Waals surface area contributed by atoms with E-state index in [4.69, 9.17) is 14.2 Å². The molecule has 1 fully saturated rings. The van der Waals surface area contributed by atoms with Crippen LogP contribution in [-0.4, -0.2) is 66.6 Å². The largest absolute Gasteiger partial charge is 0.497 e. The summed E-state index contributed by atoms with van der Waals surface area (Å²) in [6.45, 7) is 3.36. The number of piperidine rings is 1. The van der Waals surface area contributed by atoms with Crippen molar-refractivity contribution in [1.82, 2.24) is 10.6 Å². The Morgan fingerprint density at radius 1 is 1.12 bits per heavy atom. The van der Waals surface area contributed by atoms with E-state index in [1.807, 2.05) is 6.07 Å². The van der Waals surface area contributed by atoms with E-state index in [9.17, 15) is 0 Å². The number of hydrogen-bond donors (Lipinski definition) is 2. The van der Waals surface area contributed by atoms with Gasteiger partial charge in [0.15, 0.2) is 5.96 Å². The predicted molar refractivity (Wildman–Crippen MR) is 101 cm³/mol. The third-order valence-corrected chi connectivity index (χ3v) is 4.36. The molecule has 140 valence electrons. The standard InChI is InChI=1S/C18H30N4O3/c1-19-18(20-7-10-23-2)21-14-5-8-22(9-6-14)15-11-16(24-3)13-17(12-15)25-4/h11-14H,5-10H2,1-4H3,(H2,19,20,21). The molecule has 1 aliphatic heterocycles. The summed E-state index contributed by atoms with van der Waals surface area (Å²) in [4.78, 5) is 6.63. The summed E-state index contributed by atoms with van der Waals surface area (Å²) in [5.41, 5.74) is 1.14. The molecule has 2 rings (SSSR count). The number of nitrogens with zero attached hydrogens (tertiary/aromatic N) is 2. The quantitative estimate of drug-likeness (QED) is 0.441. The average Bonchev–Trinajstić information content (AvgIpc) is 2.67. The number of methoxy groups -OCH3 is 3. The topological polar surface area (TPSA) is 67.4 Å². The molecule has 0 bridgehead atoms. The Morgan fingerprint density at radius 3 is 2.28 bits per heavy atom. The van der Waals surface area contributed by atoms with Gasteiger partial charge in [-0.1, -0.05) is 0 Å². The second-order valence-corrected chi connectivity index (χ2v) is 5.97. The fourth-order valence-corrected chi connectivity index (χ4v) is 2.92. The molecule has 1 aromatic rings. The first kappa shape index (κ1) is 19.2. The normalized spacial score (nSPS) is 15.8. The van der Waals surface area contributed by atoms with E-state index in [1.54, 1.807) is 28.4 Å². The Balaban J connectivity index is 1.89. The van der Waals surface area contributed by atoms with Crippen molar-refractivity contribution in [1.29, 1.82) is 0 Å². The fraction of sp³-hybridized carbons (Fsp3) is 0.611. The highest BCUT2D eigenvalue weighted by Gasteiger charge is 2.21. The molecule has 7 heteroatoms. The van der Waals surface area contributed by atoms with Crippen LogP contribution in [0.3, 0.4) is 0 Å². The van der Waals surface area contributed by atoms with Crippen LogP contribution in [-0.2, 0) is 4.74 Å². The summed E-state index contributed by atoms with van der Waals surface area (Å²) in [5.74, 6) is 2.47. The molecule has 2 N–H and O–H groups in total. The number of benzene rings is 1. The van der Waals surface area contributed by atoms with E-state index >= 15 is 0 Å². The van der Waals surface area contributed by atoms with Crippen molar-refractivity contribution in [2.75, 3.05) is 59.5 Å². The third-order valence-electron chi connectivity index (χ3n) is 4.36. The molecule has 0 unspecified atom stereocenters. The van der Waals surface area contributed by atoms with Crippen LogP contribution in [0.15, 0.2) is 23.2 Å². The first-order chi connectivity index (χ1) is 12.2. The minimum atomic E-state index is 0.414. The molecule has 0 radical (unpaired) electrons. The lowest BCUT2D eigenvalue weighted by atomic mass is 10.0. The zero-order chi connectivity index (χ0) is 18.1. The van der Waals surface area contributed by atoms with Crippen molar-refractivity contribution in [2.45, 2.75) is 18.9 Å². The summed E-state index contributed by atoms with van der Waals surface area (Å²) in [6.07, 6.45) is 2.09. The van der Waals surface area contributed by atoms with Gasteiger partial charge < -0.3 is 29.7 Å². The zero-order valence-corrected chi connectivity index (χ0v) is 15.7. The molecule has 0 amide bonds. The van der Waals surface area contributed by atoms with Crippen LogP contribution >= 0.6 is 0 Å². The number of anilines is 1. The van der Waals surface area contributed by atoms with Crippen LogP contribution in [0.2, 0.25) is 0 Å². The fourth-order valence-electron chi connectivity index (χ4n) is 2.92. The van der Waals surface area contributed by atoms with Gasteiger partial charge in [-0.3, -0.25) is 4.99 Å². The summed E-state index contributed by atoms with van der Waals surface area (Å²) in [7, 11) is 6.84. The Labute approximate surface area is 150 Å². The van der Waals surface area contributed by atoms with E-state index in [1.165, 1.54) is 0 Å². The molecule has 1 heterocycles. The van der Waals surface area contributed by atoms with Crippen LogP contribution in [0, 0.1) is 0 Å². The van der Waals surface area contributed by atoms with Crippen LogP contribution in [0.5, 0.6) is 11.5 Å². The van der Waals surface area contributed by atoms with E-state index in [2.05, 4.69) is 32.7 Å². The van der Waals surface area contributed by atoms with Gasteiger partial charge in [0, 0.05) is 63.7 Å². The predicted octanol–water partition coefficient (Wildman–Crippen LogP) is 1.48. The van der Waals surface area contributed by atoms with Crippen LogP contribution in [0.1, 0.15) is 12.8 Å². The molecular formula is C18H30N4O3. The van der Waals surface area contributed by atoms with Gasteiger partial charge in [-0.05, 0) is 12.8 Å². The number of rotatable bonds is 7. The Kier molecular flexibility index (Phi) is 7.66.